The molecule has 1 aliphatic heterocycles. The highest BCUT2D eigenvalue weighted by atomic mass is 32.2. The van der Waals surface area contributed by atoms with Crippen molar-refractivity contribution in [1.82, 2.24) is 18.7 Å². The molecule has 0 saturated carbocycles. The van der Waals surface area contributed by atoms with Crippen LogP contribution in [0.1, 0.15) is 18.7 Å². The zero-order chi connectivity index (χ0) is 19.2. The smallest absolute Gasteiger partial charge is 0.242 e. The molecular weight excluding hydrogens is 366 g/mol. The summed E-state index contributed by atoms with van der Waals surface area (Å²) in [5.41, 5.74) is 6.89. The Hall–Kier alpha value is -2.49. The molecule has 27 heavy (non-hydrogen) atoms. The van der Waals surface area contributed by atoms with Gasteiger partial charge >= 0.3 is 0 Å². The van der Waals surface area contributed by atoms with E-state index in [1.807, 2.05) is 11.3 Å². The number of imidazole rings is 1. The van der Waals surface area contributed by atoms with Crippen LogP contribution in [0.25, 0.3) is 5.65 Å². The van der Waals surface area contributed by atoms with E-state index in [0.717, 1.165) is 5.69 Å². The second kappa shape index (κ2) is 6.29. The Morgan fingerprint density at radius 1 is 1.33 bits per heavy atom. The number of anilines is 1. The first kappa shape index (κ1) is 17.9. The Morgan fingerprint density at radius 3 is 2.74 bits per heavy atom. The van der Waals surface area contributed by atoms with Crippen LogP contribution in [-0.2, 0) is 14.8 Å². The van der Waals surface area contributed by atoms with Gasteiger partial charge < -0.3 is 10.5 Å². The highest BCUT2D eigenvalue weighted by Crippen LogP contribution is 2.47. The van der Waals surface area contributed by atoms with Crippen molar-refractivity contribution in [2.24, 2.45) is 5.41 Å². The quantitative estimate of drug-likeness (QED) is 0.715. The lowest BCUT2D eigenvalue weighted by Gasteiger charge is -2.47. The Kier molecular flexibility index (Phi) is 4.17. The number of nitrogens with zero attached hydrogens (tertiary/aromatic N) is 4. The SMILES string of the molecule is CN(CC1(C)COC1c1cnc2c(N)nccn12)S(=O)(=O)c1ccccc1. The minimum atomic E-state index is -3.56. The fourth-order valence-corrected chi connectivity index (χ4v) is 4.87. The number of aromatic nitrogens is 3. The lowest BCUT2D eigenvalue weighted by Crippen LogP contribution is -2.51. The molecule has 2 N–H and O–H groups in total. The summed E-state index contributed by atoms with van der Waals surface area (Å²) in [7, 11) is -1.97. The van der Waals surface area contributed by atoms with Crippen molar-refractivity contribution in [2.75, 3.05) is 25.9 Å². The third kappa shape index (κ3) is 2.88. The van der Waals surface area contributed by atoms with Gasteiger partial charge in [-0.05, 0) is 12.1 Å². The first-order chi connectivity index (χ1) is 12.8. The van der Waals surface area contributed by atoms with Gasteiger partial charge in [0.2, 0.25) is 10.0 Å². The first-order valence-corrected chi connectivity index (χ1v) is 9.97. The number of hydrogen-bond acceptors (Lipinski definition) is 6. The van der Waals surface area contributed by atoms with Crippen LogP contribution < -0.4 is 5.73 Å². The molecule has 1 fully saturated rings. The molecule has 9 heteroatoms. The van der Waals surface area contributed by atoms with E-state index < -0.39 is 10.0 Å². The molecule has 3 aromatic rings. The van der Waals surface area contributed by atoms with Crippen LogP contribution in [0.4, 0.5) is 5.82 Å². The molecule has 0 amide bonds. The summed E-state index contributed by atoms with van der Waals surface area (Å²) in [6.45, 7) is 2.80. The zero-order valence-corrected chi connectivity index (χ0v) is 15.9. The number of benzene rings is 1. The van der Waals surface area contributed by atoms with Gasteiger partial charge in [0.25, 0.3) is 0 Å². The first-order valence-electron chi connectivity index (χ1n) is 8.53. The van der Waals surface area contributed by atoms with E-state index in [1.165, 1.54) is 4.31 Å². The van der Waals surface area contributed by atoms with E-state index in [9.17, 15) is 8.42 Å². The fraction of sp³-hybridized carbons (Fsp3) is 0.333. The van der Waals surface area contributed by atoms with E-state index >= 15 is 0 Å². The van der Waals surface area contributed by atoms with Crippen LogP contribution in [0.3, 0.4) is 0 Å². The highest BCUT2D eigenvalue weighted by molar-refractivity contribution is 7.89. The number of nitrogens with two attached hydrogens (primary N) is 1. The van der Waals surface area contributed by atoms with E-state index in [4.69, 9.17) is 10.5 Å². The van der Waals surface area contributed by atoms with Crippen molar-refractivity contribution in [2.45, 2.75) is 17.9 Å². The predicted molar refractivity (Wildman–Crippen MR) is 100 cm³/mol. The third-order valence-electron chi connectivity index (χ3n) is 5.00. The number of sulfonamides is 1. The molecule has 0 radical (unpaired) electrons. The van der Waals surface area contributed by atoms with Crippen LogP contribution in [0.15, 0.2) is 53.8 Å². The molecule has 4 rings (SSSR count). The lowest BCUT2D eigenvalue weighted by molar-refractivity contribution is -0.186. The summed E-state index contributed by atoms with van der Waals surface area (Å²) in [4.78, 5) is 8.65. The van der Waals surface area contributed by atoms with Crippen molar-refractivity contribution in [3.8, 4) is 0 Å². The maximum atomic E-state index is 12.8. The Morgan fingerprint density at radius 2 is 2.07 bits per heavy atom. The highest BCUT2D eigenvalue weighted by Gasteiger charge is 2.48. The normalized spacial score (nSPS) is 22.9. The lowest BCUT2D eigenvalue weighted by atomic mass is 9.78. The number of nitrogen functional groups attached to an aromatic ring is 1. The molecule has 1 aliphatic rings. The van der Waals surface area contributed by atoms with Gasteiger partial charge in [-0.25, -0.2) is 22.7 Å². The van der Waals surface area contributed by atoms with Gasteiger partial charge in [-0.3, -0.25) is 4.40 Å². The Labute approximate surface area is 157 Å². The molecule has 2 atom stereocenters. The van der Waals surface area contributed by atoms with Crippen LogP contribution in [-0.4, -0.2) is 47.3 Å². The summed E-state index contributed by atoms with van der Waals surface area (Å²) in [5.74, 6) is 0.341. The standard InChI is InChI=1S/C18H21N5O3S/c1-18(11-22(2)27(24,25)13-6-4-3-5-7-13)12-26-15(18)14-10-21-17-16(19)20-8-9-23(14)17/h3-10,15H,11-12H2,1-2H3,(H2,19,20). The van der Waals surface area contributed by atoms with E-state index in [-0.39, 0.29) is 16.4 Å². The summed E-state index contributed by atoms with van der Waals surface area (Å²) < 4.78 is 34.7. The topological polar surface area (TPSA) is 103 Å². The number of hydrogen-bond donors (Lipinski definition) is 1. The molecule has 2 unspecified atom stereocenters. The minimum absolute atomic E-state index is 0.279. The number of fused-ring (bicyclic) bond motifs is 1. The van der Waals surface area contributed by atoms with Crippen molar-refractivity contribution in [3.05, 3.63) is 54.6 Å². The van der Waals surface area contributed by atoms with E-state index in [1.54, 1.807) is 56.0 Å². The predicted octanol–water partition coefficient (Wildman–Crippen LogP) is 1.71. The second-order valence-electron chi connectivity index (χ2n) is 7.11. The molecular formula is C18H21N5O3S. The molecule has 8 nitrogen and oxygen atoms in total. The Balaban J connectivity index is 1.61. The van der Waals surface area contributed by atoms with Crippen molar-refractivity contribution < 1.29 is 13.2 Å². The van der Waals surface area contributed by atoms with Gasteiger partial charge in [0.05, 0.1) is 23.4 Å². The van der Waals surface area contributed by atoms with Gasteiger partial charge in [0, 0.05) is 31.4 Å². The van der Waals surface area contributed by atoms with E-state index in [0.29, 0.717) is 24.6 Å². The average molecular weight is 387 g/mol. The van der Waals surface area contributed by atoms with Gasteiger partial charge in [-0.15, -0.1) is 0 Å². The van der Waals surface area contributed by atoms with Crippen LogP contribution in [0.5, 0.6) is 0 Å². The Bertz CT molecular complexity index is 1080. The summed E-state index contributed by atoms with van der Waals surface area (Å²) >= 11 is 0. The van der Waals surface area contributed by atoms with Crippen LogP contribution in [0.2, 0.25) is 0 Å². The fourth-order valence-electron chi connectivity index (χ4n) is 3.54. The van der Waals surface area contributed by atoms with E-state index in [2.05, 4.69) is 9.97 Å². The average Bonchev–Trinajstić information content (AvgIpc) is 3.06. The van der Waals surface area contributed by atoms with Crippen LogP contribution >= 0.6 is 0 Å². The molecule has 1 saturated heterocycles. The molecule has 1 aromatic carbocycles. The largest absolute Gasteiger partial charge is 0.381 e. The second-order valence-corrected chi connectivity index (χ2v) is 9.15. The molecule has 0 aliphatic carbocycles. The zero-order valence-electron chi connectivity index (χ0n) is 15.1. The van der Waals surface area contributed by atoms with Gasteiger partial charge in [0.1, 0.15) is 6.10 Å². The minimum Gasteiger partial charge on any atom is -0.381 e. The third-order valence-corrected chi connectivity index (χ3v) is 6.82. The molecule has 0 bridgehead atoms. The molecule has 2 aromatic heterocycles. The molecule has 0 spiro atoms. The van der Waals surface area contributed by atoms with Gasteiger partial charge in [-0.1, -0.05) is 25.1 Å². The summed E-state index contributed by atoms with van der Waals surface area (Å²) in [6, 6.07) is 8.43. The van der Waals surface area contributed by atoms with Crippen molar-refractivity contribution in [3.63, 3.8) is 0 Å². The van der Waals surface area contributed by atoms with Gasteiger partial charge in [-0.2, -0.15) is 0 Å². The maximum Gasteiger partial charge on any atom is 0.242 e. The molecule has 3 heterocycles. The van der Waals surface area contributed by atoms with Crippen molar-refractivity contribution in [1.29, 1.82) is 0 Å². The summed E-state index contributed by atoms with van der Waals surface area (Å²) in [6.07, 6.45) is 4.81. The maximum absolute atomic E-state index is 12.8. The summed E-state index contributed by atoms with van der Waals surface area (Å²) in [5, 5.41) is 0. The number of rotatable bonds is 5. The number of ether oxygens (including phenoxy) is 1. The van der Waals surface area contributed by atoms with Crippen molar-refractivity contribution >= 4 is 21.5 Å². The monoisotopic (exact) mass is 387 g/mol. The molecule has 142 valence electrons. The van der Waals surface area contributed by atoms with Gasteiger partial charge in [0.15, 0.2) is 11.5 Å². The van der Waals surface area contributed by atoms with Crippen LogP contribution in [0, 0.1) is 5.41 Å².